The first-order chi connectivity index (χ1) is 9.13. The molecule has 1 aromatic rings. The zero-order valence-corrected chi connectivity index (χ0v) is 13.5. The molecule has 0 aromatic heterocycles. The van der Waals surface area contributed by atoms with E-state index in [0.29, 0.717) is 23.6 Å². The highest BCUT2D eigenvalue weighted by Crippen LogP contribution is 2.24. The Morgan fingerprint density at radius 3 is 2.55 bits per heavy atom. The highest BCUT2D eigenvalue weighted by atomic mass is 79.9. The van der Waals surface area contributed by atoms with E-state index in [9.17, 15) is 4.79 Å². The van der Waals surface area contributed by atoms with Crippen molar-refractivity contribution in [1.82, 2.24) is 9.80 Å². The van der Waals surface area contributed by atoms with Crippen LogP contribution in [0.15, 0.2) is 30.6 Å². The van der Waals surface area contributed by atoms with Gasteiger partial charge < -0.3 is 19.3 Å². The van der Waals surface area contributed by atoms with Crippen molar-refractivity contribution < 1.29 is 14.3 Å². The molecule has 1 aliphatic rings. The van der Waals surface area contributed by atoms with Gasteiger partial charge in [0, 0.05) is 19.4 Å². The van der Waals surface area contributed by atoms with Gasteiger partial charge in [-0.15, -0.1) is 17.0 Å². The quantitative estimate of drug-likeness (QED) is 0.767. The van der Waals surface area contributed by atoms with Gasteiger partial charge >= 0.3 is 0 Å². The summed E-state index contributed by atoms with van der Waals surface area (Å²) in [5.41, 5.74) is 0.546. The fraction of sp³-hybridized carbons (Fsp3) is 0.357. The van der Waals surface area contributed by atoms with Gasteiger partial charge in [0.05, 0.1) is 33.0 Å². The van der Waals surface area contributed by atoms with E-state index >= 15 is 0 Å². The smallest absolute Gasteiger partial charge is 0.185 e. The highest BCUT2D eigenvalue weighted by Gasteiger charge is 2.18. The number of carbonyl (C=O) groups excluding carboxylic acids is 1. The third-order valence-electron chi connectivity index (χ3n) is 2.99. The van der Waals surface area contributed by atoms with E-state index in [-0.39, 0.29) is 22.8 Å². The van der Waals surface area contributed by atoms with Crippen molar-refractivity contribution >= 4 is 22.8 Å². The molecule has 1 aromatic carbocycles. The van der Waals surface area contributed by atoms with E-state index in [4.69, 9.17) is 9.47 Å². The van der Waals surface area contributed by atoms with Crippen LogP contribution in [0.5, 0.6) is 11.5 Å². The Balaban J connectivity index is 0.00000200. The molecule has 5 nitrogen and oxygen atoms in total. The molecule has 0 saturated heterocycles. The molecule has 0 fully saturated rings. The molecule has 0 saturated carbocycles. The number of halogens is 1. The van der Waals surface area contributed by atoms with Gasteiger partial charge in [-0.25, -0.2) is 0 Å². The van der Waals surface area contributed by atoms with Gasteiger partial charge in [0.15, 0.2) is 5.78 Å². The predicted octanol–water partition coefficient (Wildman–Crippen LogP) is 2.14. The average molecular weight is 343 g/mol. The van der Waals surface area contributed by atoms with Crippen molar-refractivity contribution in [3.8, 4) is 11.5 Å². The van der Waals surface area contributed by atoms with Gasteiger partial charge in [-0.3, -0.25) is 4.79 Å². The van der Waals surface area contributed by atoms with Gasteiger partial charge in [-0.05, 0) is 18.2 Å². The Kier molecular flexibility index (Phi) is 5.88. The van der Waals surface area contributed by atoms with Crippen molar-refractivity contribution in [3.05, 3.63) is 36.2 Å². The lowest BCUT2D eigenvalue weighted by atomic mass is 10.1. The Morgan fingerprint density at radius 2 is 2.00 bits per heavy atom. The fourth-order valence-electron chi connectivity index (χ4n) is 1.99. The maximum Gasteiger partial charge on any atom is 0.185 e. The van der Waals surface area contributed by atoms with E-state index in [1.165, 1.54) is 0 Å². The summed E-state index contributed by atoms with van der Waals surface area (Å²) in [6, 6.07) is 5.24. The number of benzene rings is 1. The first-order valence-corrected chi connectivity index (χ1v) is 6.02. The molecule has 0 radical (unpaired) electrons. The van der Waals surface area contributed by atoms with Crippen LogP contribution >= 0.6 is 17.0 Å². The molecule has 20 heavy (non-hydrogen) atoms. The number of ether oxygens (including phenoxy) is 2. The van der Waals surface area contributed by atoms with Crippen LogP contribution in [0, 0.1) is 0 Å². The van der Waals surface area contributed by atoms with E-state index in [1.54, 1.807) is 32.4 Å². The number of Topliss-reactive ketones (excluding diaryl/α,β-unsaturated/α-hetero) is 1. The molecule has 2 rings (SSSR count). The molecule has 110 valence electrons. The predicted molar refractivity (Wildman–Crippen MR) is 82.7 cm³/mol. The van der Waals surface area contributed by atoms with Crippen LogP contribution in [0.3, 0.4) is 0 Å². The lowest BCUT2D eigenvalue weighted by molar-refractivity contribution is 0.0945. The number of hydrogen-bond donors (Lipinski definition) is 0. The van der Waals surface area contributed by atoms with Gasteiger partial charge in [0.2, 0.25) is 0 Å². The first-order valence-electron chi connectivity index (χ1n) is 6.02. The largest absolute Gasteiger partial charge is 0.497 e. The normalized spacial score (nSPS) is 13.2. The minimum Gasteiger partial charge on any atom is -0.497 e. The molecule has 1 aliphatic heterocycles. The SMILES string of the molecule is Br.COc1ccc(OC)c(C(=O)CN2C=CN(C)C2)c1. The topological polar surface area (TPSA) is 42.0 Å². The summed E-state index contributed by atoms with van der Waals surface area (Å²) in [5.74, 6) is 1.23. The second-order valence-electron chi connectivity index (χ2n) is 4.43. The number of methoxy groups -OCH3 is 2. The van der Waals surface area contributed by atoms with E-state index < -0.39 is 0 Å². The average Bonchev–Trinajstić information content (AvgIpc) is 2.83. The maximum atomic E-state index is 12.3. The Labute approximate surface area is 129 Å². The lowest BCUT2D eigenvalue weighted by Gasteiger charge is -2.18. The number of rotatable bonds is 5. The number of carbonyl (C=O) groups is 1. The highest BCUT2D eigenvalue weighted by molar-refractivity contribution is 8.93. The lowest BCUT2D eigenvalue weighted by Crippen LogP contribution is -2.28. The van der Waals surface area contributed by atoms with Gasteiger partial charge in [-0.1, -0.05) is 0 Å². The summed E-state index contributed by atoms with van der Waals surface area (Å²) in [7, 11) is 5.10. The second kappa shape index (κ2) is 7.19. The summed E-state index contributed by atoms with van der Waals surface area (Å²) in [5, 5.41) is 0. The molecule has 0 atom stereocenters. The molecular formula is C14H19BrN2O3. The van der Waals surface area contributed by atoms with E-state index in [0.717, 1.165) is 6.67 Å². The number of hydrogen-bond acceptors (Lipinski definition) is 5. The molecule has 0 aliphatic carbocycles. The van der Waals surface area contributed by atoms with Gasteiger partial charge in [-0.2, -0.15) is 0 Å². The van der Waals surface area contributed by atoms with Crippen LogP contribution in [0.4, 0.5) is 0 Å². The fourth-order valence-corrected chi connectivity index (χ4v) is 1.99. The second-order valence-corrected chi connectivity index (χ2v) is 4.43. The van der Waals surface area contributed by atoms with E-state index in [2.05, 4.69) is 0 Å². The van der Waals surface area contributed by atoms with Gasteiger partial charge in [0.1, 0.15) is 11.5 Å². The van der Waals surface area contributed by atoms with Crippen LogP contribution < -0.4 is 9.47 Å². The zero-order chi connectivity index (χ0) is 13.8. The zero-order valence-electron chi connectivity index (χ0n) is 11.8. The van der Waals surface area contributed by atoms with Crippen LogP contribution in [0.25, 0.3) is 0 Å². The Bertz CT molecular complexity index is 505. The third kappa shape index (κ3) is 3.66. The van der Waals surface area contributed by atoms with Gasteiger partial charge in [0.25, 0.3) is 0 Å². The molecular weight excluding hydrogens is 324 g/mol. The van der Waals surface area contributed by atoms with Crippen molar-refractivity contribution in [2.45, 2.75) is 0 Å². The monoisotopic (exact) mass is 342 g/mol. The van der Waals surface area contributed by atoms with Crippen molar-refractivity contribution in [2.75, 3.05) is 34.5 Å². The Morgan fingerprint density at radius 1 is 1.25 bits per heavy atom. The van der Waals surface area contributed by atoms with Crippen LogP contribution in [0.1, 0.15) is 10.4 Å². The standard InChI is InChI=1S/C14H18N2O3.BrH/c1-15-6-7-16(10-15)9-13(17)12-8-11(18-2)4-5-14(12)19-3;/h4-8H,9-10H2,1-3H3;1H. The van der Waals surface area contributed by atoms with E-state index in [1.807, 2.05) is 29.2 Å². The minimum atomic E-state index is 0. The summed E-state index contributed by atoms with van der Waals surface area (Å²) in [6.45, 7) is 1.04. The Hall–Kier alpha value is -1.69. The minimum absolute atomic E-state index is 0. The summed E-state index contributed by atoms with van der Waals surface area (Å²) >= 11 is 0. The van der Waals surface area contributed by atoms with Crippen molar-refractivity contribution in [3.63, 3.8) is 0 Å². The van der Waals surface area contributed by atoms with Crippen LogP contribution in [-0.2, 0) is 0 Å². The molecule has 0 bridgehead atoms. The molecule has 0 spiro atoms. The van der Waals surface area contributed by atoms with Crippen LogP contribution in [-0.4, -0.2) is 50.1 Å². The first kappa shape index (κ1) is 16.4. The molecule has 0 N–H and O–H groups in total. The molecule has 0 amide bonds. The molecule has 6 heteroatoms. The van der Waals surface area contributed by atoms with Crippen molar-refractivity contribution in [1.29, 1.82) is 0 Å². The summed E-state index contributed by atoms with van der Waals surface area (Å²) in [4.78, 5) is 16.3. The maximum absolute atomic E-state index is 12.3. The molecule has 0 unspecified atom stereocenters. The van der Waals surface area contributed by atoms with Crippen molar-refractivity contribution in [2.24, 2.45) is 0 Å². The third-order valence-corrected chi connectivity index (χ3v) is 2.99. The number of ketones is 1. The van der Waals surface area contributed by atoms with Crippen LogP contribution in [0.2, 0.25) is 0 Å². The summed E-state index contributed by atoms with van der Waals surface area (Å²) < 4.78 is 10.4. The number of nitrogens with zero attached hydrogens (tertiary/aromatic N) is 2. The molecule has 1 heterocycles. The summed E-state index contributed by atoms with van der Waals surface area (Å²) in [6.07, 6.45) is 3.85.